The van der Waals surface area contributed by atoms with Crippen LogP contribution in [0.4, 0.5) is 5.82 Å². The molecule has 1 heterocycles. The van der Waals surface area contributed by atoms with Gasteiger partial charge in [-0.25, -0.2) is 4.98 Å². The van der Waals surface area contributed by atoms with Crippen LogP contribution in [0.25, 0.3) is 0 Å². The summed E-state index contributed by atoms with van der Waals surface area (Å²) in [6.07, 6.45) is 1.37. The zero-order valence-electron chi connectivity index (χ0n) is 4.50. The van der Waals surface area contributed by atoms with E-state index in [2.05, 4.69) is 4.98 Å². The van der Waals surface area contributed by atoms with Gasteiger partial charge in [0, 0.05) is 12.3 Å². The maximum atomic E-state index is 8.83. The van der Waals surface area contributed by atoms with E-state index in [-0.39, 0.29) is 41.1 Å². The maximum absolute atomic E-state index is 8.83. The van der Waals surface area contributed by atoms with Crippen molar-refractivity contribution in [1.82, 2.24) is 4.98 Å². The summed E-state index contributed by atoms with van der Waals surface area (Å²) < 4.78 is 0. The van der Waals surface area contributed by atoms with Crippen LogP contribution in [-0.4, -0.2) is 39.6 Å². The van der Waals surface area contributed by atoms with Gasteiger partial charge in [-0.3, -0.25) is 0 Å². The fraction of sp³-hybridized carbons (Fsp3) is 0. The zero-order valence-corrected chi connectivity index (χ0v) is 5.26. The van der Waals surface area contributed by atoms with Crippen LogP contribution in [-0.2, 0) is 0 Å². The monoisotopic (exact) mass is 168 g/mol. The SMILES string of the molecule is Nc1ncc(Cl)cc1O.[NaH]. The molecular formula is C5H6ClN2NaO. The summed E-state index contributed by atoms with van der Waals surface area (Å²) in [4.78, 5) is 3.57. The van der Waals surface area contributed by atoms with Gasteiger partial charge in [-0.1, -0.05) is 11.6 Å². The number of hydrogen-bond acceptors (Lipinski definition) is 3. The molecule has 0 saturated heterocycles. The Labute approximate surface area is 85.5 Å². The van der Waals surface area contributed by atoms with Crippen molar-refractivity contribution in [1.29, 1.82) is 0 Å². The molecule has 0 amide bonds. The van der Waals surface area contributed by atoms with E-state index >= 15 is 0 Å². The van der Waals surface area contributed by atoms with Crippen molar-refractivity contribution in [3.63, 3.8) is 0 Å². The molecule has 5 heteroatoms. The van der Waals surface area contributed by atoms with Crippen molar-refractivity contribution in [3.05, 3.63) is 17.3 Å². The third kappa shape index (κ3) is 2.34. The Morgan fingerprint density at radius 2 is 2.20 bits per heavy atom. The van der Waals surface area contributed by atoms with E-state index in [0.29, 0.717) is 5.02 Å². The van der Waals surface area contributed by atoms with Crippen LogP contribution >= 0.6 is 11.6 Å². The van der Waals surface area contributed by atoms with Gasteiger partial charge in [-0.2, -0.15) is 0 Å². The van der Waals surface area contributed by atoms with Crippen molar-refractivity contribution in [2.24, 2.45) is 0 Å². The van der Waals surface area contributed by atoms with Crippen LogP contribution in [0.5, 0.6) is 5.75 Å². The van der Waals surface area contributed by atoms with Crippen LogP contribution in [0.2, 0.25) is 5.02 Å². The van der Waals surface area contributed by atoms with Gasteiger partial charge in [0.1, 0.15) is 0 Å². The average molecular weight is 169 g/mol. The van der Waals surface area contributed by atoms with Crippen LogP contribution in [0.1, 0.15) is 0 Å². The molecule has 0 aromatic carbocycles. The van der Waals surface area contributed by atoms with Gasteiger partial charge in [0.05, 0.1) is 5.02 Å². The van der Waals surface area contributed by atoms with Gasteiger partial charge in [0.15, 0.2) is 11.6 Å². The van der Waals surface area contributed by atoms with Gasteiger partial charge in [-0.15, -0.1) is 0 Å². The number of anilines is 1. The third-order valence-electron chi connectivity index (χ3n) is 0.864. The second-order valence-electron chi connectivity index (χ2n) is 1.56. The molecule has 0 radical (unpaired) electrons. The Bertz CT molecular complexity index is 231. The van der Waals surface area contributed by atoms with Crippen LogP contribution < -0.4 is 5.73 Å². The Balaban J connectivity index is 0.000000810. The Morgan fingerprint density at radius 3 is 2.60 bits per heavy atom. The molecule has 0 fully saturated rings. The van der Waals surface area contributed by atoms with Crippen molar-refractivity contribution in [2.45, 2.75) is 0 Å². The number of aromatic hydroxyl groups is 1. The molecule has 0 spiro atoms. The van der Waals surface area contributed by atoms with Crippen molar-refractivity contribution < 1.29 is 5.11 Å². The Hall–Kier alpha value is 0.0400. The first-order valence-electron chi connectivity index (χ1n) is 2.30. The first kappa shape index (κ1) is 10.0. The van der Waals surface area contributed by atoms with Crippen LogP contribution in [0, 0.1) is 0 Å². The molecule has 0 unspecified atom stereocenters. The van der Waals surface area contributed by atoms with Gasteiger partial charge in [0.2, 0.25) is 0 Å². The predicted octanol–water partition coefficient (Wildman–Crippen LogP) is 0.374. The molecule has 0 bridgehead atoms. The summed E-state index contributed by atoms with van der Waals surface area (Å²) in [6, 6.07) is 1.34. The minimum atomic E-state index is -0.0810. The second kappa shape index (κ2) is 4.03. The summed E-state index contributed by atoms with van der Waals surface area (Å²) in [5, 5.41) is 9.20. The van der Waals surface area contributed by atoms with Crippen molar-refractivity contribution in [3.8, 4) is 5.75 Å². The number of pyridine rings is 1. The molecule has 3 N–H and O–H groups in total. The molecule has 1 aromatic rings. The zero-order chi connectivity index (χ0) is 6.85. The summed E-state index contributed by atoms with van der Waals surface area (Å²) in [7, 11) is 0. The van der Waals surface area contributed by atoms with E-state index in [1.807, 2.05) is 0 Å². The number of nitrogens with zero attached hydrogens (tertiary/aromatic N) is 1. The molecule has 0 saturated carbocycles. The molecule has 0 aliphatic carbocycles. The number of nitrogen functional groups attached to an aromatic ring is 1. The summed E-state index contributed by atoms with van der Waals surface area (Å²) in [5.41, 5.74) is 5.17. The van der Waals surface area contributed by atoms with Crippen LogP contribution in [0.3, 0.4) is 0 Å². The fourth-order valence-electron chi connectivity index (χ4n) is 0.439. The van der Waals surface area contributed by atoms with Gasteiger partial charge < -0.3 is 10.8 Å². The molecule has 3 nitrogen and oxygen atoms in total. The molecule has 10 heavy (non-hydrogen) atoms. The van der Waals surface area contributed by atoms with E-state index in [1.54, 1.807) is 0 Å². The van der Waals surface area contributed by atoms with E-state index in [0.717, 1.165) is 0 Å². The van der Waals surface area contributed by atoms with Gasteiger partial charge in [0.25, 0.3) is 0 Å². The number of aromatic nitrogens is 1. The quantitative estimate of drug-likeness (QED) is 0.551. The standard InChI is InChI=1S/C5H5ClN2O.Na.H/c6-3-1-4(9)5(7)8-2-3;;/h1-2,9H,(H2,7,8);;. The van der Waals surface area contributed by atoms with E-state index < -0.39 is 0 Å². The summed E-state index contributed by atoms with van der Waals surface area (Å²) in [5.74, 6) is 0.0156. The first-order valence-corrected chi connectivity index (χ1v) is 2.68. The molecule has 0 atom stereocenters. The van der Waals surface area contributed by atoms with Crippen molar-refractivity contribution in [2.75, 3.05) is 5.73 Å². The van der Waals surface area contributed by atoms with Crippen molar-refractivity contribution >= 4 is 47.0 Å². The molecule has 1 rings (SSSR count). The topological polar surface area (TPSA) is 59.1 Å². The molecule has 50 valence electrons. The Kier molecular flexibility index (Phi) is 4.05. The normalized spacial score (nSPS) is 8.50. The average Bonchev–Trinajstić information content (AvgIpc) is 1.80. The number of halogens is 1. The molecular weight excluding hydrogens is 163 g/mol. The number of hydrogen-bond donors (Lipinski definition) is 2. The van der Waals surface area contributed by atoms with Crippen LogP contribution in [0.15, 0.2) is 12.3 Å². The van der Waals surface area contributed by atoms with E-state index in [9.17, 15) is 0 Å². The van der Waals surface area contributed by atoms with Gasteiger partial charge in [-0.05, 0) is 0 Å². The minimum absolute atomic E-state index is 0. The second-order valence-corrected chi connectivity index (χ2v) is 1.99. The third-order valence-corrected chi connectivity index (χ3v) is 1.07. The van der Waals surface area contributed by atoms with E-state index in [1.165, 1.54) is 12.3 Å². The van der Waals surface area contributed by atoms with E-state index in [4.69, 9.17) is 22.4 Å². The fourth-order valence-corrected chi connectivity index (χ4v) is 0.591. The molecule has 1 aromatic heterocycles. The molecule has 0 aliphatic heterocycles. The first-order chi connectivity index (χ1) is 4.20. The summed E-state index contributed by atoms with van der Waals surface area (Å²) in [6.45, 7) is 0. The predicted molar refractivity (Wildman–Crippen MR) is 42.5 cm³/mol. The molecule has 0 aliphatic rings. The van der Waals surface area contributed by atoms with Gasteiger partial charge >= 0.3 is 29.6 Å². The number of nitrogens with two attached hydrogens (primary N) is 1. The summed E-state index contributed by atoms with van der Waals surface area (Å²) >= 11 is 5.44. The Morgan fingerprint density at radius 1 is 1.60 bits per heavy atom. The number of rotatable bonds is 0.